The second-order valence-electron chi connectivity index (χ2n) is 7.18. The van der Waals surface area contributed by atoms with E-state index in [0.29, 0.717) is 6.04 Å². The smallest absolute Gasteiger partial charge is 0.0361 e. The van der Waals surface area contributed by atoms with Gasteiger partial charge in [0.05, 0.1) is 0 Å². The highest BCUT2D eigenvalue weighted by atomic mass is 35.5. The maximum absolute atomic E-state index is 3.51. The summed E-state index contributed by atoms with van der Waals surface area (Å²) in [4.78, 5) is 2.71. The lowest BCUT2D eigenvalue weighted by Gasteiger charge is -2.36. The third-order valence-corrected chi connectivity index (χ3v) is 5.57. The third-order valence-electron chi connectivity index (χ3n) is 5.57. The molecule has 1 aliphatic rings. The molecule has 0 spiro atoms. The van der Waals surface area contributed by atoms with Crippen LogP contribution in [0.2, 0.25) is 0 Å². The van der Waals surface area contributed by atoms with E-state index in [1.807, 2.05) is 0 Å². The molecule has 0 aromatic heterocycles. The number of piperazine rings is 1. The Morgan fingerprint density at radius 3 is 2.00 bits per heavy atom. The number of rotatable bonds is 5. The third kappa shape index (κ3) is 4.57. The van der Waals surface area contributed by atoms with Gasteiger partial charge < -0.3 is 5.32 Å². The number of hydrogen-bond acceptors (Lipinski definition) is 2. The van der Waals surface area contributed by atoms with Crippen LogP contribution in [-0.4, -0.2) is 31.1 Å². The lowest BCUT2D eigenvalue weighted by atomic mass is 9.89. The molecular formula is C23H30Cl2N2. The second-order valence-corrected chi connectivity index (χ2v) is 7.18. The van der Waals surface area contributed by atoms with Gasteiger partial charge in [0, 0.05) is 32.2 Å². The van der Waals surface area contributed by atoms with Gasteiger partial charge in [-0.05, 0) is 39.6 Å². The number of benzene rings is 3. The molecule has 2 nitrogen and oxygen atoms in total. The Morgan fingerprint density at radius 2 is 1.44 bits per heavy atom. The molecule has 27 heavy (non-hydrogen) atoms. The van der Waals surface area contributed by atoms with Crippen molar-refractivity contribution < 1.29 is 0 Å². The summed E-state index contributed by atoms with van der Waals surface area (Å²) in [6.07, 6.45) is 3.78. The fraction of sp³-hybridized carbons (Fsp3) is 0.391. The van der Waals surface area contributed by atoms with Gasteiger partial charge in [0.1, 0.15) is 0 Å². The van der Waals surface area contributed by atoms with Crippen LogP contribution in [-0.2, 0) is 0 Å². The quantitative estimate of drug-likeness (QED) is 0.526. The van der Waals surface area contributed by atoms with Gasteiger partial charge in [0.25, 0.3) is 0 Å². The molecule has 0 unspecified atom stereocenters. The van der Waals surface area contributed by atoms with Gasteiger partial charge >= 0.3 is 0 Å². The van der Waals surface area contributed by atoms with Gasteiger partial charge in [-0.3, -0.25) is 4.90 Å². The molecular weight excluding hydrogens is 375 g/mol. The van der Waals surface area contributed by atoms with Crippen LogP contribution in [0.3, 0.4) is 0 Å². The fourth-order valence-corrected chi connectivity index (χ4v) is 4.31. The Labute approximate surface area is 175 Å². The van der Waals surface area contributed by atoms with Gasteiger partial charge in [-0.2, -0.15) is 0 Å². The molecule has 4 rings (SSSR count). The van der Waals surface area contributed by atoms with Crippen LogP contribution in [0.25, 0.3) is 21.5 Å². The second kappa shape index (κ2) is 10.3. The zero-order valence-corrected chi connectivity index (χ0v) is 17.6. The van der Waals surface area contributed by atoms with Crippen molar-refractivity contribution >= 4 is 46.4 Å². The summed E-state index contributed by atoms with van der Waals surface area (Å²) in [7, 11) is 0. The van der Waals surface area contributed by atoms with E-state index in [0.717, 1.165) is 26.2 Å². The van der Waals surface area contributed by atoms with Gasteiger partial charge in [-0.25, -0.2) is 0 Å². The van der Waals surface area contributed by atoms with Crippen LogP contribution in [0.4, 0.5) is 0 Å². The highest BCUT2D eigenvalue weighted by Gasteiger charge is 2.25. The van der Waals surface area contributed by atoms with Crippen LogP contribution < -0.4 is 5.32 Å². The monoisotopic (exact) mass is 404 g/mol. The fourth-order valence-electron chi connectivity index (χ4n) is 4.31. The Balaban J connectivity index is 0.00000131. The van der Waals surface area contributed by atoms with Crippen molar-refractivity contribution in [2.45, 2.75) is 32.2 Å². The van der Waals surface area contributed by atoms with Crippen LogP contribution in [0, 0.1) is 0 Å². The maximum atomic E-state index is 3.51. The molecule has 0 amide bonds. The lowest BCUT2D eigenvalue weighted by molar-refractivity contribution is 0.165. The van der Waals surface area contributed by atoms with E-state index in [9.17, 15) is 0 Å². The summed E-state index contributed by atoms with van der Waals surface area (Å²) < 4.78 is 0. The zero-order chi connectivity index (χ0) is 17.1. The van der Waals surface area contributed by atoms with Crippen molar-refractivity contribution in [3.8, 4) is 0 Å². The predicted molar refractivity (Wildman–Crippen MR) is 123 cm³/mol. The number of fused-ring (bicyclic) bond motifs is 2. The van der Waals surface area contributed by atoms with Crippen molar-refractivity contribution in [2.75, 3.05) is 26.2 Å². The van der Waals surface area contributed by atoms with Crippen LogP contribution >= 0.6 is 24.8 Å². The lowest BCUT2D eigenvalue weighted by Crippen LogP contribution is -2.45. The predicted octanol–water partition coefficient (Wildman–Crippen LogP) is 5.97. The van der Waals surface area contributed by atoms with Crippen LogP contribution in [0.15, 0.2) is 54.6 Å². The van der Waals surface area contributed by atoms with E-state index < -0.39 is 0 Å². The van der Waals surface area contributed by atoms with E-state index in [1.54, 1.807) is 5.56 Å². The van der Waals surface area contributed by atoms with Gasteiger partial charge in [0.15, 0.2) is 0 Å². The first-order chi connectivity index (χ1) is 12.4. The van der Waals surface area contributed by atoms with Crippen molar-refractivity contribution in [3.05, 3.63) is 60.2 Å². The van der Waals surface area contributed by atoms with Crippen LogP contribution in [0.5, 0.6) is 0 Å². The standard InChI is InChI=1S/C23H28N2.2ClH/c1-2-3-12-22(25-15-13-24-14-16-25)23-20-10-6-4-8-18(20)17-19-9-5-7-11-21(19)23;;/h4-11,17,22,24H,2-3,12-16H2,1H3;2*1H/t22-;;/m0../s1. The van der Waals surface area contributed by atoms with Crippen LogP contribution in [0.1, 0.15) is 37.8 Å². The first kappa shape index (κ1) is 22.0. The SMILES string of the molecule is CCCC[C@@H](c1c2ccccc2cc2ccccc12)N1CCNCC1.Cl.Cl. The normalized spacial score (nSPS) is 15.9. The van der Waals surface area contributed by atoms with Crippen molar-refractivity contribution in [2.24, 2.45) is 0 Å². The molecule has 146 valence electrons. The molecule has 1 fully saturated rings. The first-order valence-electron chi connectivity index (χ1n) is 9.73. The topological polar surface area (TPSA) is 15.3 Å². The molecule has 1 atom stereocenters. The highest BCUT2D eigenvalue weighted by Crippen LogP contribution is 2.38. The number of unbranched alkanes of at least 4 members (excludes halogenated alkanes) is 1. The Bertz CT molecular complexity index is 805. The Morgan fingerprint density at radius 1 is 0.889 bits per heavy atom. The summed E-state index contributed by atoms with van der Waals surface area (Å²) in [5, 5.41) is 9.11. The number of hydrogen-bond donors (Lipinski definition) is 1. The molecule has 4 heteroatoms. The molecule has 3 aromatic rings. The average molecular weight is 405 g/mol. The Kier molecular flexibility index (Phi) is 8.37. The van der Waals surface area contributed by atoms with E-state index in [-0.39, 0.29) is 24.8 Å². The molecule has 0 bridgehead atoms. The number of halogens is 2. The molecule has 3 aromatic carbocycles. The van der Waals surface area contributed by atoms with Gasteiger partial charge in [-0.1, -0.05) is 68.3 Å². The summed E-state index contributed by atoms with van der Waals surface area (Å²) in [6.45, 7) is 6.80. The largest absolute Gasteiger partial charge is 0.314 e. The molecule has 1 heterocycles. The van der Waals surface area contributed by atoms with Crippen molar-refractivity contribution in [3.63, 3.8) is 0 Å². The zero-order valence-electron chi connectivity index (χ0n) is 16.0. The summed E-state index contributed by atoms with van der Waals surface area (Å²) in [6, 6.07) is 20.7. The minimum absolute atomic E-state index is 0. The van der Waals surface area contributed by atoms with E-state index in [1.165, 1.54) is 40.8 Å². The van der Waals surface area contributed by atoms with Gasteiger partial charge in [-0.15, -0.1) is 24.8 Å². The molecule has 1 N–H and O–H groups in total. The maximum Gasteiger partial charge on any atom is 0.0361 e. The molecule has 0 saturated carbocycles. The number of nitrogens with zero attached hydrogens (tertiary/aromatic N) is 1. The van der Waals surface area contributed by atoms with Crippen molar-refractivity contribution in [1.29, 1.82) is 0 Å². The minimum Gasteiger partial charge on any atom is -0.314 e. The Hall–Kier alpha value is -1.32. The molecule has 1 aliphatic heterocycles. The summed E-state index contributed by atoms with van der Waals surface area (Å²) in [5.41, 5.74) is 1.55. The number of nitrogens with one attached hydrogen (secondary N) is 1. The molecule has 1 saturated heterocycles. The molecule has 0 aliphatic carbocycles. The van der Waals surface area contributed by atoms with E-state index in [2.05, 4.69) is 71.7 Å². The van der Waals surface area contributed by atoms with Crippen molar-refractivity contribution in [1.82, 2.24) is 10.2 Å². The highest BCUT2D eigenvalue weighted by molar-refractivity contribution is 6.02. The van der Waals surface area contributed by atoms with Gasteiger partial charge in [0.2, 0.25) is 0 Å². The first-order valence-corrected chi connectivity index (χ1v) is 9.73. The van der Waals surface area contributed by atoms with E-state index in [4.69, 9.17) is 0 Å². The molecule has 0 radical (unpaired) electrons. The summed E-state index contributed by atoms with van der Waals surface area (Å²) >= 11 is 0. The minimum atomic E-state index is 0. The summed E-state index contributed by atoms with van der Waals surface area (Å²) in [5.74, 6) is 0. The van der Waals surface area contributed by atoms with E-state index >= 15 is 0 Å². The average Bonchev–Trinajstić information content (AvgIpc) is 2.68.